The molecule has 0 fully saturated rings. The summed E-state index contributed by atoms with van der Waals surface area (Å²) in [5.41, 5.74) is 10.6. The first-order chi connectivity index (χ1) is 9.72. The Morgan fingerprint density at radius 2 is 1.52 bits per heavy atom. The Bertz CT molecular complexity index is 634. The summed E-state index contributed by atoms with van der Waals surface area (Å²) >= 11 is 5.88. The number of nitrogens with two attached hydrogens (primary N) is 2. The van der Waals surface area contributed by atoms with Gasteiger partial charge in [-0.2, -0.15) is 0 Å². The number of likely N-dealkylation sites (N-methyl/N-ethyl adjacent to an activating group) is 1. The monoisotopic (exact) mass is 629 g/mol. The topological polar surface area (TPSA) is 125 Å². The minimum atomic E-state index is -0.845. The molecule has 10 heteroatoms. The largest absolute Gasteiger partial charge is 0.482 e. The van der Waals surface area contributed by atoms with Crippen molar-refractivity contribution in [3.8, 4) is 5.75 Å². The highest BCUT2D eigenvalue weighted by molar-refractivity contribution is 14.1. The highest BCUT2D eigenvalue weighted by atomic mass is 127. The Labute approximate surface area is 161 Å². The van der Waals surface area contributed by atoms with Crippen molar-refractivity contribution >= 4 is 85.5 Å². The van der Waals surface area contributed by atoms with E-state index >= 15 is 0 Å². The molecule has 0 aliphatic carbocycles. The number of rotatable bonds is 5. The van der Waals surface area contributed by atoms with E-state index in [0.717, 1.165) is 0 Å². The molecule has 0 saturated heterocycles. The molecule has 0 saturated carbocycles. The van der Waals surface area contributed by atoms with Gasteiger partial charge in [0.05, 0.1) is 14.7 Å². The van der Waals surface area contributed by atoms with Crippen LogP contribution >= 0.6 is 67.8 Å². The van der Waals surface area contributed by atoms with Gasteiger partial charge in [0.2, 0.25) is 0 Å². The van der Waals surface area contributed by atoms with Gasteiger partial charge in [0.25, 0.3) is 17.7 Å². The maximum atomic E-state index is 11.7. The Kier molecular flexibility index (Phi) is 6.89. The quantitative estimate of drug-likeness (QED) is 0.330. The molecule has 0 aliphatic rings. The van der Waals surface area contributed by atoms with E-state index in [-0.39, 0.29) is 29.4 Å². The molecule has 21 heavy (non-hydrogen) atoms. The number of hydrogen-bond donors (Lipinski definition) is 3. The number of carbonyl (C=O) groups is 3. The summed E-state index contributed by atoms with van der Waals surface area (Å²) in [5, 5.41) is 2.39. The van der Waals surface area contributed by atoms with Crippen molar-refractivity contribution in [3.63, 3.8) is 0 Å². The first kappa shape index (κ1) is 18.7. The molecule has 5 N–H and O–H groups in total. The highest BCUT2D eigenvalue weighted by Crippen LogP contribution is 2.36. The molecular weight excluding hydrogens is 619 g/mol. The van der Waals surface area contributed by atoms with Crippen LogP contribution in [0.4, 0.5) is 0 Å². The molecule has 0 unspecified atom stereocenters. The average Bonchev–Trinajstić information content (AvgIpc) is 2.42. The molecule has 1 rings (SSSR count). The van der Waals surface area contributed by atoms with Crippen molar-refractivity contribution in [2.45, 2.75) is 0 Å². The van der Waals surface area contributed by atoms with Crippen LogP contribution in [0.1, 0.15) is 20.7 Å². The Balaban J connectivity index is 3.56. The molecule has 0 atom stereocenters. The third-order valence-corrected chi connectivity index (χ3v) is 7.65. The Morgan fingerprint density at radius 1 is 1.00 bits per heavy atom. The van der Waals surface area contributed by atoms with Gasteiger partial charge in [0.1, 0.15) is 5.75 Å². The Hall–Kier alpha value is -0.380. The number of primary amides is 2. The summed E-state index contributed by atoms with van der Waals surface area (Å²) < 4.78 is 7.17. The van der Waals surface area contributed by atoms with E-state index in [1.807, 2.05) is 67.8 Å². The molecule has 0 radical (unpaired) electrons. The number of halogens is 3. The normalized spacial score (nSPS) is 10.1. The smallest absolute Gasteiger partial charge is 0.257 e. The van der Waals surface area contributed by atoms with Gasteiger partial charge in [-0.05, 0) is 67.8 Å². The summed E-state index contributed by atoms with van der Waals surface area (Å²) in [6.07, 6.45) is 0. The zero-order valence-electron chi connectivity index (χ0n) is 10.6. The van der Waals surface area contributed by atoms with Crippen LogP contribution < -0.4 is 21.5 Å². The lowest BCUT2D eigenvalue weighted by Crippen LogP contribution is -2.28. The van der Waals surface area contributed by atoms with Gasteiger partial charge in [0.15, 0.2) is 6.61 Å². The van der Waals surface area contributed by atoms with E-state index in [0.29, 0.717) is 10.7 Å². The summed E-state index contributed by atoms with van der Waals surface area (Å²) in [7, 11) is 1.46. The molecular formula is C11H10I3N3O4. The maximum Gasteiger partial charge on any atom is 0.257 e. The predicted octanol–water partition coefficient (Wildman–Crippen LogP) is 0.823. The number of hydrogen-bond acceptors (Lipinski definition) is 4. The van der Waals surface area contributed by atoms with Crippen LogP contribution in [-0.2, 0) is 4.79 Å². The fraction of sp³-hybridized carbons (Fsp3) is 0.182. The van der Waals surface area contributed by atoms with Crippen LogP contribution in [0.15, 0.2) is 0 Å². The predicted molar refractivity (Wildman–Crippen MR) is 101 cm³/mol. The van der Waals surface area contributed by atoms with Gasteiger partial charge >= 0.3 is 0 Å². The number of ether oxygens (including phenoxy) is 1. The van der Waals surface area contributed by atoms with Crippen molar-refractivity contribution in [1.82, 2.24) is 5.32 Å². The lowest BCUT2D eigenvalue weighted by atomic mass is 10.1. The first-order valence-corrected chi connectivity index (χ1v) is 8.59. The molecule has 1 aromatic carbocycles. The van der Waals surface area contributed by atoms with Crippen molar-refractivity contribution in [3.05, 3.63) is 21.8 Å². The fourth-order valence-corrected chi connectivity index (χ4v) is 3.98. The van der Waals surface area contributed by atoms with Crippen molar-refractivity contribution in [2.75, 3.05) is 13.7 Å². The standard InChI is InChI=1S/C11H10I3N3O4/c1-17-3(18)2-21-9-5(11(16)20)4(10(15)19)6(12)7(13)8(9)14/h2H2,1H3,(H2,15,19)(H2,16,20)(H,17,18). The van der Waals surface area contributed by atoms with Crippen LogP contribution in [0.3, 0.4) is 0 Å². The highest BCUT2D eigenvalue weighted by Gasteiger charge is 2.28. The zero-order chi connectivity index (χ0) is 16.3. The molecule has 0 spiro atoms. The molecule has 0 aromatic heterocycles. The van der Waals surface area contributed by atoms with Gasteiger partial charge in [-0.25, -0.2) is 0 Å². The number of carbonyl (C=O) groups excluding carboxylic acids is 3. The third kappa shape index (κ3) is 4.08. The second-order valence-electron chi connectivity index (χ2n) is 3.71. The summed E-state index contributed by atoms with van der Waals surface area (Å²) in [6, 6.07) is 0. The van der Waals surface area contributed by atoms with Crippen LogP contribution in [-0.4, -0.2) is 31.4 Å². The average molecular weight is 629 g/mol. The molecule has 1 aromatic rings. The van der Waals surface area contributed by atoms with Gasteiger partial charge < -0.3 is 21.5 Å². The molecule has 0 bridgehead atoms. The fourth-order valence-electron chi connectivity index (χ4n) is 1.45. The van der Waals surface area contributed by atoms with E-state index in [1.54, 1.807) is 0 Å². The van der Waals surface area contributed by atoms with Crippen molar-refractivity contribution in [2.24, 2.45) is 11.5 Å². The first-order valence-electron chi connectivity index (χ1n) is 5.35. The van der Waals surface area contributed by atoms with Crippen molar-refractivity contribution in [1.29, 1.82) is 0 Å². The Morgan fingerprint density at radius 3 is 1.95 bits per heavy atom. The molecule has 114 valence electrons. The van der Waals surface area contributed by atoms with E-state index in [4.69, 9.17) is 16.2 Å². The van der Waals surface area contributed by atoms with E-state index in [9.17, 15) is 14.4 Å². The zero-order valence-corrected chi connectivity index (χ0v) is 17.1. The van der Waals surface area contributed by atoms with E-state index in [2.05, 4.69) is 5.32 Å². The van der Waals surface area contributed by atoms with Crippen LogP contribution in [0.2, 0.25) is 0 Å². The molecule has 3 amide bonds. The van der Waals surface area contributed by atoms with Crippen LogP contribution in [0.25, 0.3) is 0 Å². The van der Waals surface area contributed by atoms with E-state index < -0.39 is 11.8 Å². The van der Waals surface area contributed by atoms with Crippen molar-refractivity contribution < 1.29 is 19.1 Å². The third-order valence-electron chi connectivity index (χ3n) is 2.40. The van der Waals surface area contributed by atoms with Gasteiger partial charge in [-0.1, -0.05) is 0 Å². The minimum Gasteiger partial charge on any atom is -0.482 e. The summed E-state index contributed by atoms with van der Waals surface area (Å²) in [5.74, 6) is -1.92. The minimum absolute atomic E-state index is 0.000164. The molecule has 0 aliphatic heterocycles. The summed E-state index contributed by atoms with van der Waals surface area (Å²) in [4.78, 5) is 34.6. The molecule has 7 nitrogen and oxygen atoms in total. The SMILES string of the molecule is CNC(=O)COc1c(I)c(I)c(I)c(C(N)=O)c1C(N)=O. The lowest BCUT2D eigenvalue weighted by molar-refractivity contribution is -0.122. The second kappa shape index (κ2) is 7.75. The van der Waals surface area contributed by atoms with E-state index in [1.165, 1.54) is 7.05 Å². The summed E-state index contributed by atoms with van der Waals surface area (Å²) in [6.45, 7) is -0.304. The van der Waals surface area contributed by atoms with Crippen LogP contribution in [0.5, 0.6) is 5.75 Å². The number of amides is 3. The lowest BCUT2D eigenvalue weighted by Gasteiger charge is -2.17. The maximum absolute atomic E-state index is 11.7. The molecule has 0 heterocycles. The van der Waals surface area contributed by atoms with Gasteiger partial charge in [0, 0.05) is 14.2 Å². The second-order valence-corrected chi connectivity index (χ2v) is 6.95. The van der Waals surface area contributed by atoms with Gasteiger partial charge in [-0.3, -0.25) is 14.4 Å². The number of nitrogens with one attached hydrogen (secondary N) is 1. The number of benzene rings is 1. The van der Waals surface area contributed by atoms with Crippen LogP contribution in [0, 0.1) is 10.7 Å². The van der Waals surface area contributed by atoms with Gasteiger partial charge in [-0.15, -0.1) is 0 Å².